The molecule has 0 spiro atoms. The van der Waals surface area contributed by atoms with E-state index in [1.807, 2.05) is 20.9 Å². The van der Waals surface area contributed by atoms with E-state index in [1.54, 1.807) is 0 Å². The zero-order valence-electron chi connectivity index (χ0n) is 10.2. The van der Waals surface area contributed by atoms with Crippen molar-refractivity contribution in [1.29, 1.82) is 0 Å². The van der Waals surface area contributed by atoms with E-state index in [4.69, 9.17) is 0 Å². The zero-order valence-corrected chi connectivity index (χ0v) is 10.2. The number of hydrogen-bond acceptors (Lipinski definition) is 5. The van der Waals surface area contributed by atoms with E-state index >= 15 is 0 Å². The first-order valence-corrected chi connectivity index (χ1v) is 5.78. The first kappa shape index (κ1) is 11.3. The summed E-state index contributed by atoms with van der Waals surface area (Å²) in [6.07, 6.45) is 1.21. The maximum atomic E-state index is 4.48. The molecule has 1 aromatic heterocycles. The Kier molecular flexibility index (Phi) is 3.33. The van der Waals surface area contributed by atoms with E-state index in [0.29, 0.717) is 5.92 Å². The molecule has 0 aliphatic carbocycles. The lowest BCUT2D eigenvalue weighted by Gasteiger charge is -2.16. The maximum Gasteiger partial charge on any atom is 0.245 e. The Hall–Kier alpha value is -1.23. The lowest BCUT2D eigenvalue weighted by atomic mass is 10.1. The monoisotopic (exact) mass is 221 g/mol. The van der Waals surface area contributed by atoms with E-state index in [2.05, 4.69) is 25.4 Å². The van der Waals surface area contributed by atoms with Gasteiger partial charge in [-0.25, -0.2) is 4.98 Å². The SMILES string of the molecule is CNCC1CCN(c2nnc(C)c(C)n2)C1. The van der Waals surface area contributed by atoms with E-state index in [0.717, 1.165) is 37.0 Å². The number of hydrogen-bond donors (Lipinski definition) is 1. The van der Waals surface area contributed by atoms with Crippen molar-refractivity contribution in [2.75, 3.05) is 31.6 Å². The highest BCUT2D eigenvalue weighted by Gasteiger charge is 2.24. The van der Waals surface area contributed by atoms with Gasteiger partial charge in [0, 0.05) is 13.1 Å². The van der Waals surface area contributed by atoms with Crippen LogP contribution in [0.25, 0.3) is 0 Å². The maximum absolute atomic E-state index is 4.48. The van der Waals surface area contributed by atoms with Crippen LogP contribution in [0.2, 0.25) is 0 Å². The number of rotatable bonds is 3. The molecule has 16 heavy (non-hydrogen) atoms. The molecule has 0 radical (unpaired) electrons. The molecule has 88 valence electrons. The predicted molar refractivity (Wildman–Crippen MR) is 63.5 cm³/mol. The number of nitrogens with zero attached hydrogens (tertiary/aromatic N) is 4. The second kappa shape index (κ2) is 4.74. The van der Waals surface area contributed by atoms with Gasteiger partial charge >= 0.3 is 0 Å². The highest BCUT2D eigenvalue weighted by molar-refractivity contribution is 5.31. The molecule has 1 unspecified atom stereocenters. The van der Waals surface area contributed by atoms with Gasteiger partial charge in [0.15, 0.2) is 0 Å². The van der Waals surface area contributed by atoms with Crippen LogP contribution in [-0.4, -0.2) is 41.9 Å². The lowest BCUT2D eigenvalue weighted by molar-refractivity contribution is 0.548. The van der Waals surface area contributed by atoms with Gasteiger partial charge in [-0.05, 0) is 39.8 Å². The molecule has 0 bridgehead atoms. The molecule has 1 aliphatic rings. The molecule has 2 rings (SSSR count). The Morgan fingerprint density at radius 3 is 2.81 bits per heavy atom. The fraction of sp³-hybridized carbons (Fsp3) is 0.727. The average Bonchev–Trinajstić information content (AvgIpc) is 2.71. The molecule has 1 fully saturated rings. The van der Waals surface area contributed by atoms with Crippen molar-refractivity contribution in [2.45, 2.75) is 20.3 Å². The quantitative estimate of drug-likeness (QED) is 0.807. The third kappa shape index (κ3) is 2.29. The molecule has 0 saturated carbocycles. The van der Waals surface area contributed by atoms with Crippen molar-refractivity contribution >= 4 is 5.95 Å². The number of aromatic nitrogens is 3. The minimum atomic E-state index is 0.704. The summed E-state index contributed by atoms with van der Waals surface area (Å²) < 4.78 is 0. The summed E-state index contributed by atoms with van der Waals surface area (Å²) in [7, 11) is 2.00. The summed E-state index contributed by atoms with van der Waals surface area (Å²) in [4.78, 5) is 6.70. The van der Waals surface area contributed by atoms with Crippen LogP contribution in [0.3, 0.4) is 0 Å². The van der Waals surface area contributed by atoms with Gasteiger partial charge in [-0.1, -0.05) is 0 Å². The second-order valence-electron chi connectivity index (χ2n) is 4.44. The highest BCUT2D eigenvalue weighted by Crippen LogP contribution is 2.19. The van der Waals surface area contributed by atoms with Crippen molar-refractivity contribution in [1.82, 2.24) is 20.5 Å². The van der Waals surface area contributed by atoms with Gasteiger partial charge in [0.05, 0.1) is 11.4 Å². The van der Waals surface area contributed by atoms with Gasteiger partial charge in [0.25, 0.3) is 0 Å². The summed E-state index contributed by atoms with van der Waals surface area (Å²) in [6, 6.07) is 0. The largest absolute Gasteiger partial charge is 0.339 e. The van der Waals surface area contributed by atoms with Crippen LogP contribution in [0.4, 0.5) is 5.95 Å². The lowest BCUT2D eigenvalue weighted by Crippen LogP contribution is -2.26. The van der Waals surface area contributed by atoms with Crippen LogP contribution >= 0.6 is 0 Å². The topological polar surface area (TPSA) is 53.9 Å². The summed E-state index contributed by atoms with van der Waals surface area (Å²) in [5.41, 5.74) is 1.89. The first-order valence-electron chi connectivity index (χ1n) is 5.78. The van der Waals surface area contributed by atoms with Crippen LogP contribution in [-0.2, 0) is 0 Å². The molecule has 1 aliphatic heterocycles. The molecule has 1 aromatic rings. The smallest absolute Gasteiger partial charge is 0.245 e. The van der Waals surface area contributed by atoms with Gasteiger partial charge in [-0.2, -0.15) is 5.10 Å². The summed E-state index contributed by atoms with van der Waals surface area (Å²) in [5.74, 6) is 1.48. The van der Waals surface area contributed by atoms with Crippen LogP contribution < -0.4 is 10.2 Å². The Morgan fingerprint density at radius 1 is 1.31 bits per heavy atom. The number of anilines is 1. The predicted octanol–water partition coefficient (Wildman–Crippen LogP) is 0.534. The van der Waals surface area contributed by atoms with E-state index in [9.17, 15) is 0 Å². The summed E-state index contributed by atoms with van der Waals surface area (Å²) in [6.45, 7) is 7.05. The normalized spacial score (nSPS) is 20.4. The van der Waals surface area contributed by atoms with Gasteiger partial charge < -0.3 is 10.2 Å². The third-order valence-corrected chi connectivity index (χ3v) is 3.14. The van der Waals surface area contributed by atoms with Crippen molar-refractivity contribution in [3.8, 4) is 0 Å². The van der Waals surface area contributed by atoms with Crippen LogP contribution in [0.15, 0.2) is 0 Å². The van der Waals surface area contributed by atoms with Crippen molar-refractivity contribution in [3.05, 3.63) is 11.4 Å². The van der Waals surface area contributed by atoms with Crippen LogP contribution in [0, 0.1) is 19.8 Å². The molecule has 5 nitrogen and oxygen atoms in total. The Balaban J connectivity index is 2.05. The van der Waals surface area contributed by atoms with Gasteiger partial charge in [-0.3, -0.25) is 0 Å². The fourth-order valence-electron chi connectivity index (χ4n) is 2.05. The van der Waals surface area contributed by atoms with Gasteiger partial charge in [-0.15, -0.1) is 5.10 Å². The van der Waals surface area contributed by atoms with Crippen molar-refractivity contribution in [3.63, 3.8) is 0 Å². The second-order valence-corrected chi connectivity index (χ2v) is 4.44. The number of aryl methyl sites for hydroxylation is 2. The third-order valence-electron chi connectivity index (χ3n) is 3.14. The Morgan fingerprint density at radius 2 is 2.12 bits per heavy atom. The standard InChI is InChI=1S/C11H19N5/c1-8-9(2)14-15-11(13-8)16-5-4-10(7-16)6-12-3/h10,12H,4-7H2,1-3H3. The van der Waals surface area contributed by atoms with E-state index in [-0.39, 0.29) is 0 Å². The summed E-state index contributed by atoms with van der Waals surface area (Å²) in [5, 5.41) is 11.5. The van der Waals surface area contributed by atoms with E-state index in [1.165, 1.54) is 6.42 Å². The fourth-order valence-corrected chi connectivity index (χ4v) is 2.05. The van der Waals surface area contributed by atoms with Crippen molar-refractivity contribution in [2.24, 2.45) is 5.92 Å². The van der Waals surface area contributed by atoms with Gasteiger partial charge in [0.1, 0.15) is 0 Å². The molecule has 5 heteroatoms. The Labute approximate surface area is 96.3 Å². The number of nitrogens with one attached hydrogen (secondary N) is 1. The molecule has 0 aromatic carbocycles. The van der Waals surface area contributed by atoms with Gasteiger partial charge in [0.2, 0.25) is 5.95 Å². The molecule has 0 amide bonds. The first-order chi connectivity index (χ1) is 7.70. The minimum Gasteiger partial charge on any atom is -0.339 e. The zero-order chi connectivity index (χ0) is 11.5. The molecule has 1 saturated heterocycles. The van der Waals surface area contributed by atoms with Crippen LogP contribution in [0.5, 0.6) is 0 Å². The molecule has 1 N–H and O–H groups in total. The van der Waals surface area contributed by atoms with E-state index < -0.39 is 0 Å². The average molecular weight is 221 g/mol. The molecular formula is C11H19N5. The Bertz CT molecular complexity index is 365. The molecule has 1 atom stereocenters. The highest BCUT2D eigenvalue weighted by atomic mass is 15.3. The minimum absolute atomic E-state index is 0.704. The molecule has 2 heterocycles. The van der Waals surface area contributed by atoms with Crippen molar-refractivity contribution < 1.29 is 0 Å². The summed E-state index contributed by atoms with van der Waals surface area (Å²) >= 11 is 0. The molecular weight excluding hydrogens is 202 g/mol. The van der Waals surface area contributed by atoms with Crippen LogP contribution in [0.1, 0.15) is 17.8 Å².